The van der Waals surface area contributed by atoms with Crippen LogP contribution in [0.2, 0.25) is 5.02 Å². The van der Waals surface area contributed by atoms with Crippen LogP contribution in [0.4, 0.5) is 5.00 Å². The number of ether oxygens (including phenoxy) is 1. The summed E-state index contributed by atoms with van der Waals surface area (Å²) in [6, 6.07) is 5.22. The maximum atomic E-state index is 12.0. The molecule has 0 saturated heterocycles. The van der Waals surface area contributed by atoms with Crippen molar-refractivity contribution >= 4 is 49.9 Å². The minimum Gasteiger partial charge on any atom is -0.462 e. The molecule has 4 nitrogen and oxygen atoms in total. The molecule has 0 radical (unpaired) electrons. The van der Waals surface area contributed by atoms with E-state index >= 15 is 0 Å². The van der Waals surface area contributed by atoms with E-state index in [9.17, 15) is 9.59 Å². The minimum atomic E-state index is -0.445. The molecule has 100 valence electrons. The second kappa shape index (κ2) is 5.59. The van der Waals surface area contributed by atoms with Crippen LogP contribution in [0, 0.1) is 0 Å². The number of anilines is 1. The Labute approximate surface area is 119 Å². The predicted octanol–water partition coefficient (Wildman–Crippen LogP) is 3.69. The highest BCUT2D eigenvalue weighted by atomic mass is 35.5. The van der Waals surface area contributed by atoms with Crippen molar-refractivity contribution in [2.24, 2.45) is 0 Å². The van der Waals surface area contributed by atoms with Crippen molar-refractivity contribution in [2.75, 3.05) is 11.9 Å². The molecule has 0 atom stereocenters. The number of esters is 1. The summed E-state index contributed by atoms with van der Waals surface area (Å²) in [6.07, 6.45) is 0. The van der Waals surface area contributed by atoms with Gasteiger partial charge >= 0.3 is 5.97 Å². The van der Waals surface area contributed by atoms with Gasteiger partial charge in [-0.25, -0.2) is 4.79 Å². The zero-order valence-electron chi connectivity index (χ0n) is 10.5. The van der Waals surface area contributed by atoms with E-state index in [0.717, 1.165) is 10.1 Å². The summed E-state index contributed by atoms with van der Waals surface area (Å²) >= 11 is 7.23. The average Bonchev–Trinajstić information content (AvgIpc) is 2.65. The Kier molecular flexibility index (Phi) is 4.07. The summed E-state index contributed by atoms with van der Waals surface area (Å²) in [5, 5.41) is 4.46. The molecule has 0 aliphatic heterocycles. The second-order valence-corrected chi connectivity index (χ2v) is 5.34. The predicted molar refractivity (Wildman–Crippen MR) is 77.1 cm³/mol. The van der Waals surface area contributed by atoms with Gasteiger partial charge in [0.05, 0.1) is 6.61 Å². The first-order valence-electron chi connectivity index (χ1n) is 5.69. The largest absolute Gasteiger partial charge is 0.462 e. The van der Waals surface area contributed by atoms with Crippen LogP contribution in [0.25, 0.3) is 10.1 Å². The fourth-order valence-electron chi connectivity index (χ4n) is 1.72. The maximum Gasteiger partial charge on any atom is 0.341 e. The standard InChI is InChI=1S/C13H12ClNO3S/c1-3-18-13(17)11-9-5-4-8(14)6-10(9)19-12(11)15-7(2)16/h4-6H,3H2,1-2H3,(H,15,16). The summed E-state index contributed by atoms with van der Waals surface area (Å²) in [7, 11) is 0. The first-order valence-corrected chi connectivity index (χ1v) is 6.89. The number of carbonyl (C=O) groups excluding carboxylic acids is 2. The van der Waals surface area contributed by atoms with Crippen LogP contribution in [0.1, 0.15) is 24.2 Å². The third-order valence-corrected chi connectivity index (χ3v) is 3.72. The molecule has 2 rings (SSSR count). The number of rotatable bonds is 3. The lowest BCUT2D eigenvalue weighted by Crippen LogP contribution is -2.10. The van der Waals surface area contributed by atoms with Crippen LogP contribution in [0.15, 0.2) is 18.2 Å². The smallest absolute Gasteiger partial charge is 0.341 e. The molecule has 0 fully saturated rings. The van der Waals surface area contributed by atoms with Crippen molar-refractivity contribution < 1.29 is 14.3 Å². The molecule has 19 heavy (non-hydrogen) atoms. The Balaban J connectivity index is 2.61. The quantitative estimate of drug-likeness (QED) is 0.879. The molecule has 0 bridgehead atoms. The van der Waals surface area contributed by atoms with Gasteiger partial charge in [-0.3, -0.25) is 4.79 Å². The van der Waals surface area contributed by atoms with Crippen molar-refractivity contribution in [1.29, 1.82) is 0 Å². The van der Waals surface area contributed by atoms with E-state index in [1.54, 1.807) is 25.1 Å². The number of hydrogen-bond acceptors (Lipinski definition) is 4. The highest BCUT2D eigenvalue weighted by Crippen LogP contribution is 2.37. The third kappa shape index (κ3) is 2.88. The first-order chi connectivity index (χ1) is 9.02. The van der Waals surface area contributed by atoms with Crippen LogP contribution >= 0.6 is 22.9 Å². The molecular formula is C13H12ClNO3S. The van der Waals surface area contributed by atoms with Gasteiger partial charge in [0.15, 0.2) is 0 Å². The lowest BCUT2D eigenvalue weighted by atomic mass is 10.1. The van der Waals surface area contributed by atoms with Gasteiger partial charge in [-0.2, -0.15) is 0 Å². The Morgan fingerprint density at radius 3 is 2.79 bits per heavy atom. The maximum absolute atomic E-state index is 12.0. The highest BCUT2D eigenvalue weighted by molar-refractivity contribution is 7.23. The van der Waals surface area contributed by atoms with Gasteiger partial charge in [-0.15, -0.1) is 11.3 Å². The number of thiophene rings is 1. The Hall–Kier alpha value is -1.59. The highest BCUT2D eigenvalue weighted by Gasteiger charge is 2.20. The summed E-state index contributed by atoms with van der Waals surface area (Å²) in [5.41, 5.74) is 0.383. The van der Waals surface area contributed by atoms with Gasteiger partial charge in [0.2, 0.25) is 5.91 Å². The Morgan fingerprint density at radius 1 is 1.42 bits per heavy atom. The number of halogens is 1. The molecular weight excluding hydrogens is 286 g/mol. The number of carbonyl (C=O) groups is 2. The number of nitrogens with one attached hydrogen (secondary N) is 1. The zero-order chi connectivity index (χ0) is 14.0. The molecule has 0 unspecified atom stereocenters. The summed E-state index contributed by atoms with van der Waals surface area (Å²) in [6.45, 7) is 3.41. The molecule has 0 saturated carbocycles. The second-order valence-electron chi connectivity index (χ2n) is 3.85. The van der Waals surface area contributed by atoms with Crippen LogP contribution in [0.5, 0.6) is 0 Å². The van der Waals surface area contributed by atoms with E-state index in [0.29, 0.717) is 15.6 Å². The van der Waals surface area contributed by atoms with Crippen molar-refractivity contribution in [3.05, 3.63) is 28.8 Å². The number of amides is 1. The van der Waals surface area contributed by atoms with Crippen molar-refractivity contribution in [3.63, 3.8) is 0 Å². The van der Waals surface area contributed by atoms with Crippen molar-refractivity contribution in [3.8, 4) is 0 Å². The van der Waals surface area contributed by atoms with Crippen LogP contribution in [0.3, 0.4) is 0 Å². The minimum absolute atomic E-state index is 0.233. The average molecular weight is 298 g/mol. The topological polar surface area (TPSA) is 55.4 Å². The fraction of sp³-hybridized carbons (Fsp3) is 0.231. The van der Waals surface area contributed by atoms with Gasteiger partial charge in [-0.1, -0.05) is 17.7 Å². The normalized spacial score (nSPS) is 10.5. The summed E-state index contributed by atoms with van der Waals surface area (Å²) in [4.78, 5) is 23.2. The SMILES string of the molecule is CCOC(=O)c1c(NC(C)=O)sc2cc(Cl)ccc12. The molecule has 2 aromatic rings. The fourth-order valence-corrected chi connectivity index (χ4v) is 3.14. The Bertz CT molecular complexity index is 651. The molecule has 1 aromatic carbocycles. The van der Waals surface area contributed by atoms with Gasteiger partial charge in [0, 0.05) is 22.0 Å². The van der Waals surface area contributed by atoms with Crippen molar-refractivity contribution in [2.45, 2.75) is 13.8 Å². The molecule has 0 spiro atoms. The monoisotopic (exact) mass is 297 g/mol. The molecule has 0 aliphatic carbocycles. The van der Waals surface area contributed by atoms with Crippen LogP contribution in [-0.2, 0) is 9.53 Å². The number of fused-ring (bicyclic) bond motifs is 1. The first kappa shape index (κ1) is 13.8. The van der Waals surface area contributed by atoms with E-state index in [1.807, 2.05) is 0 Å². The summed E-state index contributed by atoms with van der Waals surface area (Å²) < 4.78 is 5.86. The number of hydrogen-bond donors (Lipinski definition) is 1. The van der Waals surface area contributed by atoms with Crippen molar-refractivity contribution in [1.82, 2.24) is 0 Å². The number of benzene rings is 1. The van der Waals surface area contributed by atoms with Crippen LogP contribution < -0.4 is 5.32 Å². The summed E-state index contributed by atoms with van der Waals surface area (Å²) in [5.74, 6) is -0.678. The van der Waals surface area contributed by atoms with E-state index in [4.69, 9.17) is 16.3 Å². The van der Waals surface area contributed by atoms with Gasteiger partial charge in [-0.05, 0) is 19.1 Å². The van der Waals surface area contributed by atoms with Gasteiger partial charge in [0.1, 0.15) is 10.6 Å². The lowest BCUT2D eigenvalue weighted by molar-refractivity contribution is -0.114. The Morgan fingerprint density at radius 2 is 2.16 bits per heavy atom. The third-order valence-electron chi connectivity index (χ3n) is 2.42. The molecule has 1 amide bonds. The van der Waals surface area contributed by atoms with Crippen LogP contribution in [-0.4, -0.2) is 18.5 Å². The lowest BCUT2D eigenvalue weighted by Gasteiger charge is -2.04. The molecule has 0 aliphatic rings. The van der Waals surface area contributed by atoms with E-state index < -0.39 is 5.97 Å². The molecule has 1 aromatic heterocycles. The van der Waals surface area contributed by atoms with Gasteiger partial charge < -0.3 is 10.1 Å². The molecule has 1 heterocycles. The van der Waals surface area contributed by atoms with E-state index in [1.165, 1.54) is 18.3 Å². The van der Waals surface area contributed by atoms with Gasteiger partial charge in [0.25, 0.3) is 0 Å². The molecule has 1 N–H and O–H groups in total. The van der Waals surface area contributed by atoms with E-state index in [2.05, 4.69) is 5.32 Å². The zero-order valence-corrected chi connectivity index (χ0v) is 12.0. The molecule has 6 heteroatoms. The van der Waals surface area contributed by atoms with E-state index in [-0.39, 0.29) is 12.5 Å².